The number of hydrogen-bond donors (Lipinski definition) is 3. The van der Waals surface area contributed by atoms with E-state index in [4.69, 9.17) is 5.73 Å². The summed E-state index contributed by atoms with van der Waals surface area (Å²) in [6.07, 6.45) is 3.59. The van der Waals surface area contributed by atoms with Gasteiger partial charge in [0.2, 0.25) is 5.91 Å². The number of rotatable bonds is 9. The summed E-state index contributed by atoms with van der Waals surface area (Å²) in [6.45, 7) is 1.77. The number of nitrogens with zero attached hydrogens (tertiary/aromatic N) is 1. The van der Waals surface area contributed by atoms with Crippen molar-refractivity contribution in [2.45, 2.75) is 49.7 Å². The average molecular weight is 555 g/mol. The minimum Gasteiger partial charge on any atom is -0.324 e. The lowest BCUT2D eigenvalue weighted by molar-refractivity contribution is -0.117. The monoisotopic (exact) mass is 554 g/mol. The van der Waals surface area contributed by atoms with Crippen LogP contribution in [-0.4, -0.2) is 49.1 Å². The van der Waals surface area contributed by atoms with Crippen molar-refractivity contribution in [1.82, 2.24) is 10.2 Å². The molecule has 0 aromatic heterocycles. The summed E-state index contributed by atoms with van der Waals surface area (Å²) < 4.78 is 56.9. The van der Waals surface area contributed by atoms with Crippen molar-refractivity contribution in [1.29, 1.82) is 0 Å². The second kappa shape index (κ2) is 12.1. The van der Waals surface area contributed by atoms with Gasteiger partial charge in [0.15, 0.2) is 0 Å². The molecule has 1 saturated heterocycles. The molecule has 1 aliphatic heterocycles. The fraction of sp³-hybridized carbons (Fsp3) is 0.387. The Bertz CT molecular complexity index is 1330. The van der Waals surface area contributed by atoms with Crippen molar-refractivity contribution in [3.63, 3.8) is 0 Å². The Kier molecular flexibility index (Phi) is 8.54. The van der Waals surface area contributed by atoms with Gasteiger partial charge in [-0.25, -0.2) is 17.6 Å². The SMILES string of the molecule is CN1C(C2CC2)CNC[C@@H]1CCc1c(F)cccc1NC(=O)[C@@H](N)[C@@H](c1ccc(F)cc1)c1cc(F)cc(F)c1. The van der Waals surface area contributed by atoms with Gasteiger partial charge in [-0.1, -0.05) is 18.2 Å². The minimum atomic E-state index is -1.31. The highest BCUT2D eigenvalue weighted by molar-refractivity contribution is 5.96. The van der Waals surface area contributed by atoms with Crippen LogP contribution in [0, 0.1) is 29.2 Å². The summed E-state index contributed by atoms with van der Waals surface area (Å²) in [5, 5.41) is 6.26. The smallest absolute Gasteiger partial charge is 0.242 e. The van der Waals surface area contributed by atoms with Gasteiger partial charge < -0.3 is 16.4 Å². The third-order valence-electron chi connectivity index (χ3n) is 8.24. The molecule has 0 bridgehead atoms. The fourth-order valence-corrected chi connectivity index (χ4v) is 5.88. The van der Waals surface area contributed by atoms with Crippen LogP contribution < -0.4 is 16.4 Å². The van der Waals surface area contributed by atoms with Gasteiger partial charge >= 0.3 is 0 Å². The van der Waals surface area contributed by atoms with E-state index in [9.17, 15) is 18.0 Å². The van der Waals surface area contributed by atoms with E-state index in [0.717, 1.165) is 31.3 Å². The molecule has 3 aromatic carbocycles. The predicted molar refractivity (Wildman–Crippen MR) is 147 cm³/mol. The normalized spacial score (nSPS) is 21.1. The molecular weight excluding hydrogens is 520 g/mol. The van der Waals surface area contributed by atoms with E-state index in [1.165, 1.54) is 49.2 Å². The molecule has 5 rings (SSSR count). The number of benzene rings is 3. The maximum Gasteiger partial charge on any atom is 0.242 e. The Morgan fingerprint density at radius 2 is 1.68 bits per heavy atom. The molecule has 1 amide bonds. The number of halogens is 4. The van der Waals surface area contributed by atoms with Crippen LogP contribution in [0.15, 0.2) is 60.7 Å². The van der Waals surface area contributed by atoms with Crippen molar-refractivity contribution in [2.24, 2.45) is 11.7 Å². The molecule has 0 spiro atoms. The quantitative estimate of drug-likeness (QED) is 0.327. The highest BCUT2D eigenvalue weighted by Gasteiger charge is 2.38. The number of likely N-dealkylation sites (N-methyl/N-ethyl adjacent to an activating group) is 1. The van der Waals surface area contributed by atoms with Crippen molar-refractivity contribution in [2.75, 3.05) is 25.5 Å². The molecule has 212 valence electrons. The van der Waals surface area contributed by atoms with Gasteiger partial charge in [-0.15, -0.1) is 0 Å². The number of amides is 1. The second-order valence-corrected chi connectivity index (χ2v) is 10.9. The van der Waals surface area contributed by atoms with Crippen LogP contribution in [0.4, 0.5) is 23.2 Å². The maximum atomic E-state index is 15.1. The first-order valence-corrected chi connectivity index (χ1v) is 13.7. The van der Waals surface area contributed by atoms with Crippen molar-refractivity contribution < 1.29 is 22.4 Å². The molecule has 4 N–H and O–H groups in total. The Balaban J connectivity index is 1.36. The van der Waals surface area contributed by atoms with Gasteiger partial charge in [0.1, 0.15) is 23.3 Å². The molecule has 9 heteroatoms. The van der Waals surface area contributed by atoms with Gasteiger partial charge in [-0.05, 0) is 86.2 Å². The van der Waals surface area contributed by atoms with Crippen LogP contribution in [0.2, 0.25) is 0 Å². The lowest BCUT2D eigenvalue weighted by Crippen LogP contribution is -2.56. The number of hydrogen-bond acceptors (Lipinski definition) is 4. The third-order valence-corrected chi connectivity index (χ3v) is 8.24. The lowest BCUT2D eigenvalue weighted by Gasteiger charge is -2.40. The third kappa shape index (κ3) is 6.37. The Morgan fingerprint density at radius 1 is 0.975 bits per heavy atom. The molecular formula is C31H34F4N4O. The summed E-state index contributed by atoms with van der Waals surface area (Å²) in [5.74, 6) is -3.51. The summed E-state index contributed by atoms with van der Waals surface area (Å²) in [5.41, 5.74) is 7.61. The van der Waals surface area contributed by atoms with Crippen molar-refractivity contribution in [3.05, 3.63) is 101 Å². The van der Waals surface area contributed by atoms with Crippen molar-refractivity contribution >= 4 is 11.6 Å². The van der Waals surface area contributed by atoms with E-state index in [-0.39, 0.29) is 11.6 Å². The largest absolute Gasteiger partial charge is 0.324 e. The highest BCUT2D eigenvalue weighted by atomic mass is 19.1. The first-order valence-electron chi connectivity index (χ1n) is 13.7. The van der Waals surface area contributed by atoms with Crippen LogP contribution >= 0.6 is 0 Å². The molecule has 1 aliphatic carbocycles. The summed E-state index contributed by atoms with van der Waals surface area (Å²) >= 11 is 0. The predicted octanol–water partition coefficient (Wildman–Crippen LogP) is 4.96. The Labute approximate surface area is 231 Å². The molecule has 2 aliphatic rings. The van der Waals surface area contributed by atoms with Crippen LogP contribution in [-0.2, 0) is 11.2 Å². The van der Waals surface area contributed by atoms with E-state index in [1.54, 1.807) is 6.07 Å². The number of nitrogens with one attached hydrogen (secondary N) is 2. The number of carbonyl (C=O) groups is 1. The molecule has 40 heavy (non-hydrogen) atoms. The zero-order valence-corrected chi connectivity index (χ0v) is 22.3. The van der Waals surface area contributed by atoms with Crippen LogP contribution in [0.3, 0.4) is 0 Å². The average Bonchev–Trinajstić information content (AvgIpc) is 3.75. The van der Waals surface area contributed by atoms with E-state index in [2.05, 4.69) is 22.6 Å². The van der Waals surface area contributed by atoms with Gasteiger partial charge in [0.25, 0.3) is 0 Å². The lowest BCUT2D eigenvalue weighted by atomic mass is 9.84. The number of carbonyl (C=O) groups excluding carboxylic acids is 1. The van der Waals surface area contributed by atoms with Crippen LogP contribution in [0.1, 0.15) is 41.9 Å². The van der Waals surface area contributed by atoms with Gasteiger partial charge in [-0.3, -0.25) is 9.69 Å². The number of piperazine rings is 1. The Morgan fingerprint density at radius 3 is 2.35 bits per heavy atom. The van der Waals surface area contributed by atoms with Gasteiger partial charge in [0.05, 0.1) is 6.04 Å². The first kappa shape index (κ1) is 28.3. The summed E-state index contributed by atoms with van der Waals surface area (Å²) in [6, 6.07) is 12.0. The van der Waals surface area contributed by atoms with Crippen LogP contribution in [0.5, 0.6) is 0 Å². The van der Waals surface area contributed by atoms with E-state index >= 15 is 4.39 Å². The minimum absolute atomic E-state index is 0.129. The Hall–Kier alpha value is -3.27. The fourth-order valence-electron chi connectivity index (χ4n) is 5.88. The van der Waals surface area contributed by atoms with Crippen LogP contribution in [0.25, 0.3) is 0 Å². The molecule has 0 radical (unpaired) electrons. The first-order chi connectivity index (χ1) is 19.2. The second-order valence-electron chi connectivity index (χ2n) is 10.9. The van der Waals surface area contributed by atoms with E-state index in [0.29, 0.717) is 41.6 Å². The number of nitrogens with two attached hydrogens (primary N) is 1. The standard InChI is InChI=1S/C31H34F4N4O/c1-39-24(16-37-17-28(39)18-5-6-18)11-12-25-26(35)3-2-4-27(25)38-31(40)30(36)29(19-7-9-21(32)10-8-19)20-13-22(33)15-23(34)14-20/h2-4,7-10,13-15,18,24,28-30,37H,5-6,11-12,16-17,36H2,1H3,(H,38,40)/t24-,28?,29-,30-/m0/s1. The summed E-state index contributed by atoms with van der Waals surface area (Å²) in [4.78, 5) is 15.8. The molecule has 1 unspecified atom stereocenters. The zero-order chi connectivity index (χ0) is 28.4. The van der Waals surface area contributed by atoms with Crippen molar-refractivity contribution in [3.8, 4) is 0 Å². The van der Waals surface area contributed by atoms with Gasteiger partial charge in [-0.2, -0.15) is 0 Å². The zero-order valence-electron chi connectivity index (χ0n) is 22.3. The molecule has 4 atom stereocenters. The molecule has 3 aromatic rings. The molecule has 5 nitrogen and oxygen atoms in total. The van der Waals surface area contributed by atoms with E-state index in [1.807, 2.05) is 0 Å². The van der Waals surface area contributed by atoms with Gasteiger partial charge in [0, 0.05) is 48.4 Å². The topological polar surface area (TPSA) is 70.4 Å². The highest BCUT2D eigenvalue weighted by Crippen LogP contribution is 2.37. The summed E-state index contributed by atoms with van der Waals surface area (Å²) in [7, 11) is 2.13. The van der Waals surface area contributed by atoms with E-state index < -0.39 is 41.1 Å². The molecule has 1 saturated carbocycles. The molecule has 2 fully saturated rings. The molecule has 1 heterocycles. The number of anilines is 1. The maximum absolute atomic E-state index is 15.1.